The van der Waals surface area contributed by atoms with Crippen molar-refractivity contribution < 1.29 is 4.39 Å². The average molecular weight is 491 g/mol. The molecule has 0 heterocycles. The van der Waals surface area contributed by atoms with Crippen LogP contribution in [0.15, 0.2) is 78.9 Å². The van der Waals surface area contributed by atoms with Gasteiger partial charge < -0.3 is 0 Å². The fourth-order valence-electron chi connectivity index (χ4n) is 4.87. The first-order valence-corrected chi connectivity index (χ1v) is 14.1. The standard InChI is InChI=1S/C36H39F/c1-3-5-6-7-8-10-29-13-17-31(18-14-29)21-23-33-24-25-34-27-32(22-26-35(34)36(33)37)20-19-30-15-11-28(9-4-2)12-16-30/h11-18,22,24-27H,3-10,19-20H2,1-2H3. The van der Waals surface area contributed by atoms with Crippen molar-refractivity contribution in [1.82, 2.24) is 0 Å². The summed E-state index contributed by atoms with van der Waals surface area (Å²) in [6, 6.07) is 27.2. The maximum atomic E-state index is 15.2. The Labute approximate surface area is 223 Å². The normalized spacial score (nSPS) is 10.9. The van der Waals surface area contributed by atoms with Gasteiger partial charge in [-0.3, -0.25) is 0 Å². The Morgan fingerprint density at radius 1 is 0.541 bits per heavy atom. The number of hydrogen-bond acceptors (Lipinski definition) is 0. The molecule has 0 N–H and O–H groups in total. The highest BCUT2D eigenvalue weighted by Crippen LogP contribution is 2.23. The van der Waals surface area contributed by atoms with E-state index in [1.54, 1.807) is 0 Å². The topological polar surface area (TPSA) is 0 Å². The van der Waals surface area contributed by atoms with Gasteiger partial charge in [0.05, 0.1) is 5.56 Å². The van der Waals surface area contributed by atoms with E-state index in [1.165, 1.54) is 60.8 Å². The van der Waals surface area contributed by atoms with E-state index in [2.05, 4.69) is 86.4 Å². The highest BCUT2D eigenvalue weighted by Gasteiger charge is 2.07. The molecule has 4 aromatic rings. The molecule has 0 unspecified atom stereocenters. The third kappa shape index (κ3) is 7.80. The molecule has 0 saturated heterocycles. The maximum absolute atomic E-state index is 15.2. The van der Waals surface area contributed by atoms with Crippen LogP contribution in [-0.4, -0.2) is 0 Å². The van der Waals surface area contributed by atoms with Crippen LogP contribution in [0.25, 0.3) is 10.8 Å². The van der Waals surface area contributed by atoms with Gasteiger partial charge in [-0.1, -0.05) is 118 Å². The Kier molecular flexibility index (Phi) is 9.96. The SMILES string of the molecule is CCCCCCCc1ccc(C#Cc2ccc3cc(CCc4ccc(CCC)cc4)ccc3c2F)cc1. The summed E-state index contributed by atoms with van der Waals surface area (Å²) in [6.07, 6.45) is 11.8. The van der Waals surface area contributed by atoms with Gasteiger partial charge >= 0.3 is 0 Å². The molecule has 0 aliphatic carbocycles. The third-order valence-corrected chi connectivity index (χ3v) is 7.15. The van der Waals surface area contributed by atoms with E-state index in [0.29, 0.717) is 10.9 Å². The second-order valence-corrected chi connectivity index (χ2v) is 10.2. The summed E-state index contributed by atoms with van der Waals surface area (Å²) in [4.78, 5) is 0. The molecule has 0 spiro atoms. The first-order valence-electron chi connectivity index (χ1n) is 14.1. The van der Waals surface area contributed by atoms with Crippen LogP contribution in [0.3, 0.4) is 0 Å². The van der Waals surface area contributed by atoms with Crippen molar-refractivity contribution in [2.75, 3.05) is 0 Å². The number of hydrogen-bond donors (Lipinski definition) is 0. The van der Waals surface area contributed by atoms with Crippen LogP contribution in [0.4, 0.5) is 4.39 Å². The van der Waals surface area contributed by atoms with Gasteiger partial charge in [-0.25, -0.2) is 4.39 Å². The van der Waals surface area contributed by atoms with Gasteiger partial charge in [0.25, 0.3) is 0 Å². The highest BCUT2D eigenvalue weighted by molar-refractivity contribution is 5.85. The Morgan fingerprint density at radius 3 is 1.89 bits per heavy atom. The molecule has 0 bridgehead atoms. The van der Waals surface area contributed by atoms with Crippen LogP contribution in [0.2, 0.25) is 0 Å². The number of benzene rings is 4. The van der Waals surface area contributed by atoms with Crippen LogP contribution in [0, 0.1) is 17.7 Å². The lowest BCUT2D eigenvalue weighted by molar-refractivity contribution is 0.632. The summed E-state index contributed by atoms with van der Waals surface area (Å²) in [6.45, 7) is 4.46. The van der Waals surface area contributed by atoms with E-state index in [1.807, 2.05) is 18.2 Å². The van der Waals surface area contributed by atoms with Crippen molar-refractivity contribution >= 4 is 10.8 Å². The average Bonchev–Trinajstić information content (AvgIpc) is 2.93. The van der Waals surface area contributed by atoms with E-state index in [-0.39, 0.29) is 5.82 Å². The second kappa shape index (κ2) is 13.8. The van der Waals surface area contributed by atoms with Crippen molar-refractivity contribution in [3.63, 3.8) is 0 Å². The van der Waals surface area contributed by atoms with Gasteiger partial charge in [0, 0.05) is 10.9 Å². The van der Waals surface area contributed by atoms with Crippen molar-refractivity contribution in [1.29, 1.82) is 0 Å². The van der Waals surface area contributed by atoms with Gasteiger partial charge in [0.2, 0.25) is 0 Å². The van der Waals surface area contributed by atoms with Crippen LogP contribution < -0.4 is 0 Å². The number of halogens is 1. The fourth-order valence-corrected chi connectivity index (χ4v) is 4.87. The van der Waals surface area contributed by atoms with Crippen LogP contribution in [0.1, 0.15) is 85.8 Å². The summed E-state index contributed by atoms with van der Waals surface area (Å²) in [5, 5.41) is 1.57. The zero-order valence-electron chi connectivity index (χ0n) is 22.5. The molecule has 0 aromatic heterocycles. The molecule has 37 heavy (non-hydrogen) atoms. The molecule has 0 radical (unpaired) electrons. The van der Waals surface area contributed by atoms with Gasteiger partial charge in [0.15, 0.2) is 0 Å². The smallest absolute Gasteiger partial charge is 0.146 e. The lowest BCUT2D eigenvalue weighted by Gasteiger charge is -2.07. The Morgan fingerprint density at radius 2 is 1.16 bits per heavy atom. The minimum atomic E-state index is -0.230. The van der Waals surface area contributed by atoms with Crippen molar-refractivity contribution in [3.8, 4) is 11.8 Å². The summed E-state index contributed by atoms with van der Waals surface area (Å²) in [5.74, 6) is 5.98. The van der Waals surface area contributed by atoms with Gasteiger partial charge in [0.1, 0.15) is 5.82 Å². The monoisotopic (exact) mass is 490 g/mol. The van der Waals surface area contributed by atoms with E-state index in [9.17, 15) is 0 Å². The molecule has 190 valence electrons. The second-order valence-electron chi connectivity index (χ2n) is 10.2. The maximum Gasteiger partial charge on any atom is 0.146 e. The van der Waals surface area contributed by atoms with Crippen LogP contribution in [-0.2, 0) is 25.7 Å². The number of unbranched alkanes of at least 4 members (excludes halogenated alkanes) is 4. The summed E-state index contributed by atoms with van der Waals surface area (Å²) >= 11 is 0. The predicted octanol–water partition coefficient (Wildman–Crippen LogP) is 9.63. The molecule has 0 aliphatic rings. The van der Waals surface area contributed by atoms with Gasteiger partial charge in [-0.05, 0) is 77.9 Å². The van der Waals surface area contributed by atoms with E-state index in [0.717, 1.165) is 36.6 Å². The molecular formula is C36H39F. The molecule has 0 fully saturated rings. The molecule has 0 nitrogen and oxygen atoms in total. The number of aryl methyl sites for hydroxylation is 4. The summed E-state index contributed by atoms with van der Waals surface area (Å²) < 4.78 is 15.2. The number of fused-ring (bicyclic) bond motifs is 1. The molecule has 4 rings (SSSR count). The van der Waals surface area contributed by atoms with E-state index >= 15 is 4.39 Å². The predicted molar refractivity (Wildman–Crippen MR) is 157 cm³/mol. The quantitative estimate of drug-likeness (QED) is 0.145. The highest BCUT2D eigenvalue weighted by atomic mass is 19.1. The first kappa shape index (κ1) is 26.7. The van der Waals surface area contributed by atoms with Crippen molar-refractivity contribution in [3.05, 3.63) is 118 Å². The minimum Gasteiger partial charge on any atom is -0.205 e. The van der Waals surface area contributed by atoms with Crippen molar-refractivity contribution in [2.24, 2.45) is 0 Å². The van der Waals surface area contributed by atoms with E-state index in [4.69, 9.17) is 0 Å². The number of rotatable bonds is 11. The van der Waals surface area contributed by atoms with Crippen LogP contribution >= 0.6 is 0 Å². The Hall–Kier alpha value is -3.37. The van der Waals surface area contributed by atoms with Gasteiger partial charge in [-0.15, -0.1) is 0 Å². The summed E-state index contributed by atoms with van der Waals surface area (Å²) in [7, 11) is 0. The Bertz CT molecular complexity index is 1330. The molecule has 0 amide bonds. The molecule has 0 aliphatic heterocycles. The lowest BCUT2D eigenvalue weighted by Crippen LogP contribution is -1.94. The van der Waals surface area contributed by atoms with Crippen LogP contribution in [0.5, 0.6) is 0 Å². The fraction of sp³-hybridized carbons (Fsp3) is 0.333. The zero-order chi connectivity index (χ0) is 25.9. The first-order chi connectivity index (χ1) is 18.2. The summed E-state index contributed by atoms with van der Waals surface area (Å²) in [5.41, 5.74) is 6.70. The Balaban J connectivity index is 1.38. The molecule has 0 saturated carbocycles. The third-order valence-electron chi connectivity index (χ3n) is 7.15. The molecule has 1 heteroatoms. The van der Waals surface area contributed by atoms with Crippen molar-refractivity contribution in [2.45, 2.75) is 78.1 Å². The largest absolute Gasteiger partial charge is 0.205 e. The van der Waals surface area contributed by atoms with E-state index < -0.39 is 0 Å². The van der Waals surface area contributed by atoms with Gasteiger partial charge in [-0.2, -0.15) is 0 Å². The lowest BCUT2D eigenvalue weighted by atomic mass is 9.98. The molecular weight excluding hydrogens is 451 g/mol. The zero-order valence-corrected chi connectivity index (χ0v) is 22.5. The molecule has 0 atom stereocenters. The molecule has 4 aromatic carbocycles. The minimum absolute atomic E-state index is 0.230.